The zero-order chi connectivity index (χ0) is 13.0. The van der Waals surface area contributed by atoms with Gasteiger partial charge in [0.1, 0.15) is 0 Å². The summed E-state index contributed by atoms with van der Waals surface area (Å²) in [6, 6.07) is 1.71. The highest BCUT2D eigenvalue weighted by Gasteiger charge is 2.29. The Morgan fingerprint density at radius 3 is 3.17 bits per heavy atom. The first-order valence-corrected chi connectivity index (χ1v) is 6.14. The Balaban J connectivity index is 2.03. The summed E-state index contributed by atoms with van der Waals surface area (Å²) in [5.74, 6) is 0.0117. The second kappa shape index (κ2) is 5.66. The van der Waals surface area contributed by atoms with Crippen molar-refractivity contribution in [3.63, 3.8) is 0 Å². The molecule has 1 aromatic heterocycles. The molecule has 1 aliphatic rings. The molecule has 1 unspecified atom stereocenters. The lowest BCUT2D eigenvalue weighted by Crippen LogP contribution is -2.24. The Morgan fingerprint density at radius 2 is 2.50 bits per heavy atom. The van der Waals surface area contributed by atoms with Gasteiger partial charge in [-0.2, -0.15) is 4.98 Å². The van der Waals surface area contributed by atoms with E-state index in [2.05, 4.69) is 9.97 Å². The van der Waals surface area contributed by atoms with Gasteiger partial charge in [0, 0.05) is 25.4 Å². The molecular formula is C12H17N3O3. The van der Waals surface area contributed by atoms with Crippen molar-refractivity contribution in [1.29, 1.82) is 0 Å². The molecule has 6 nitrogen and oxygen atoms in total. The van der Waals surface area contributed by atoms with E-state index in [-0.39, 0.29) is 5.92 Å². The quantitative estimate of drug-likeness (QED) is 0.846. The number of ether oxygens (including phenoxy) is 1. The van der Waals surface area contributed by atoms with E-state index in [0.717, 1.165) is 6.42 Å². The van der Waals surface area contributed by atoms with Gasteiger partial charge < -0.3 is 14.7 Å². The van der Waals surface area contributed by atoms with Gasteiger partial charge in [-0.25, -0.2) is 4.98 Å². The molecular weight excluding hydrogens is 234 g/mol. The summed E-state index contributed by atoms with van der Waals surface area (Å²) in [6.07, 6.45) is 3.20. The van der Waals surface area contributed by atoms with Crippen LogP contribution in [0, 0.1) is 5.92 Å². The molecule has 18 heavy (non-hydrogen) atoms. The molecule has 6 heteroatoms. The van der Waals surface area contributed by atoms with Crippen LogP contribution in [0.3, 0.4) is 0 Å². The van der Waals surface area contributed by atoms with E-state index in [4.69, 9.17) is 9.84 Å². The summed E-state index contributed by atoms with van der Waals surface area (Å²) < 4.78 is 5.44. The number of hydrogen-bond acceptors (Lipinski definition) is 5. The third-order valence-corrected chi connectivity index (χ3v) is 2.89. The molecule has 0 aromatic carbocycles. The van der Waals surface area contributed by atoms with E-state index in [1.165, 1.54) is 0 Å². The molecule has 98 valence electrons. The normalized spacial score (nSPS) is 18.9. The number of carboxylic acid groups (broad SMARTS) is 1. The van der Waals surface area contributed by atoms with Crippen LogP contribution in [0.5, 0.6) is 5.88 Å². The number of aliphatic carboxylic acids is 1. The summed E-state index contributed by atoms with van der Waals surface area (Å²) in [7, 11) is 0. The van der Waals surface area contributed by atoms with Crippen molar-refractivity contribution in [3.05, 3.63) is 12.3 Å². The molecule has 1 N–H and O–H groups in total. The molecule has 0 saturated carbocycles. The Hall–Kier alpha value is -1.85. The number of nitrogens with zero attached hydrogens (tertiary/aromatic N) is 3. The summed E-state index contributed by atoms with van der Waals surface area (Å²) in [5, 5.41) is 8.96. The molecule has 1 atom stereocenters. The smallest absolute Gasteiger partial charge is 0.308 e. The van der Waals surface area contributed by atoms with Crippen molar-refractivity contribution in [2.45, 2.75) is 19.8 Å². The van der Waals surface area contributed by atoms with Gasteiger partial charge in [0.2, 0.25) is 11.8 Å². The first kappa shape index (κ1) is 12.6. The molecule has 0 radical (unpaired) electrons. The fourth-order valence-electron chi connectivity index (χ4n) is 1.92. The maximum absolute atomic E-state index is 10.9. The van der Waals surface area contributed by atoms with Crippen LogP contribution in [-0.4, -0.2) is 40.7 Å². The molecule has 2 heterocycles. The van der Waals surface area contributed by atoms with Crippen LogP contribution in [-0.2, 0) is 4.79 Å². The minimum absolute atomic E-state index is 0.325. The fraction of sp³-hybridized carbons (Fsp3) is 0.583. The van der Waals surface area contributed by atoms with Crippen LogP contribution in [0.15, 0.2) is 12.3 Å². The average molecular weight is 251 g/mol. The Bertz CT molecular complexity index is 425. The third-order valence-electron chi connectivity index (χ3n) is 2.89. The van der Waals surface area contributed by atoms with Crippen LogP contribution in [0.25, 0.3) is 0 Å². The molecule has 1 aliphatic heterocycles. The number of rotatable bonds is 5. The van der Waals surface area contributed by atoms with Crippen molar-refractivity contribution in [2.24, 2.45) is 5.92 Å². The molecule has 1 aromatic rings. The maximum Gasteiger partial charge on any atom is 0.308 e. The van der Waals surface area contributed by atoms with E-state index in [0.29, 0.717) is 37.9 Å². The van der Waals surface area contributed by atoms with Gasteiger partial charge in [-0.05, 0) is 12.8 Å². The Labute approximate surface area is 106 Å². The van der Waals surface area contributed by atoms with Gasteiger partial charge >= 0.3 is 5.97 Å². The molecule has 0 bridgehead atoms. The SMILES string of the molecule is CCCOc1ccnc(N2CCC(C(=O)O)C2)n1. The molecule has 0 spiro atoms. The molecule has 0 aliphatic carbocycles. The second-order valence-electron chi connectivity index (χ2n) is 4.31. The number of carbonyl (C=O) groups is 1. The zero-order valence-corrected chi connectivity index (χ0v) is 10.4. The minimum Gasteiger partial charge on any atom is -0.481 e. The van der Waals surface area contributed by atoms with Crippen molar-refractivity contribution in [3.8, 4) is 5.88 Å². The summed E-state index contributed by atoms with van der Waals surface area (Å²) in [6.45, 7) is 3.79. The van der Waals surface area contributed by atoms with Crippen LogP contribution in [0.2, 0.25) is 0 Å². The second-order valence-corrected chi connectivity index (χ2v) is 4.31. The molecule has 1 saturated heterocycles. The zero-order valence-electron chi connectivity index (χ0n) is 10.4. The van der Waals surface area contributed by atoms with E-state index in [1.807, 2.05) is 11.8 Å². The van der Waals surface area contributed by atoms with E-state index in [9.17, 15) is 4.79 Å². The monoisotopic (exact) mass is 251 g/mol. The van der Waals surface area contributed by atoms with Gasteiger partial charge in [0.05, 0.1) is 12.5 Å². The standard InChI is InChI=1S/C12H17N3O3/c1-2-7-18-10-3-5-13-12(14-10)15-6-4-9(8-15)11(16)17/h3,5,9H,2,4,6-8H2,1H3,(H,16,17). The lowest BCUT2D eigenvalue weighted by Gasteiger charge is -2.15. The number of hydrogen-bond donors (Lipinski definition) is 1. The first-order valence-electron chi connectivity index (χ1n) is 6.14. The Kier molecular flexibility index (Phi) is 3.96. The predicted octanol–water partition coefficient (Wildman–Crippen LogP) is 1.18. The highest BCUT2D eigenvalue weighted by molar-refractivity contribution is 5.71. The van der Waals surface area contributed by atoms with Crippen LogP contribution in [0.1, 0.15) is 19.8 Å². The topological polar surface area (TPSA) is 75.5 Å². The Morgan fingerprint density at radius 1 is 1.67 bits per heavy atom. The first-order chi connectivity index (χ1) is 8.70. The van der Waals surface area contributed by atoms with E-state index >= 15 is 0 Å². The van der Waals surface area contributed by atoms with Gasteiger partial charge in [0.15, 0.2) is 0 Å². The van der Waals surface area contributed by atoms with Crippen molar-refractivity contribution >= 4 is 11.9 Å². The van der Waals surface area contributed by atoms with Crippen molar-refractivity contribution in [1.82, 2.24) is 9.97 Å². The summed E-state index contributed by atoms with van der Waals surface area (Å²) in [5.41, 5.74) is 0. The lowest BCUT2D eigenvalue weighted by atomic mass is 10.1. The number of aromatic nitrogens is 2. The van der Waals surface area contributed by atoms with E-state index in [1.54, 1.807) is 12.3 Å². The average Bonchev–Trinajstić information content (AvgIpc) is 2.86. The summed E-state index contributed by atoms with van der Waals surface area (Å²) in [4.78, 5) is 21.2. The fourth-order valence-corrected chi connectivity index (χ4v) is 1.92. The van der Waals surface area contributed by atoms with Crippen LogP contribution in [0.4, 0.5) is 5.95 Å². The van der Waals surface area contributed by atoms with Gasteiger partial charge in [-0.3, -0.25) is 4.79 Å². The number of anilines is 1. The lowest BCUT2D eigenvalue weighted by molar-refractivity contribution is -0.140. The van der Waals surface area contributed by atoms with Crippen molar-refractivity contribution in [2.75, 3.05) is 24.6 Å². The van der Waals surface area contributed by atoms with Gasteiger partial charge in [-0.15, -0.1) is 0 Å². The van der Waals surface area contributed by atoms with Gasteiger partial charge in [0.25, 0.3) is 0 Å². The molecule has 2 rings (SSSR count). The highest BCUT2D eigenvalue weighted by atomic mass is 16.5. The summed E-state index contributed by atoms with van der Waals surface area (Å²) >= 11 is 0. The van der Waals surface area contributed by atoms with E-state index < -0.39 is 5.97 Å². The van der Waals surface area contributed by atoms with Crippen LogP contribution < -0.4 is 9.64 Å². The van der Waals surface area contributed by atoms with Crippen LogP contribution >= 0.6 is 0 Å². The molecule has 1 fully saturated rings. The van der Waals surface area contributed by atoms with Gasteiger partial charge in [-0.1, -0.05) is 6.92 Å². The minimum atomic E-state index is -0.754. The third kappa shape index (κ3) is 2.88. The molecule has 0 amide bonds. The predicted molar refractivity (Wildman–Crippen MR) is 65.8 cm³/mol. The maximum atomic E-state index is 10.9. The van der Waals surface area contributed by atoms with Crippen molar-refractivity contribution < 1.29 is 14.6 Å². The largest absolute Gasteiger partial charge is 0.481 e. The highest BCUT2D eigenvalue weighted by Crippen LogP contribution is 2.22. The number of carboxylic acids is 1.